The van der Waals surface area contributed by atoms with Crippen LogP contribution in [0, 0.1) is 11.3 Å². The summed E-state index contributed by atoms with van der Waals surface area (Å²) in [6.45, 7) is 4.02. The monoisotopic (exact) mass is 330 g/mol. The average molecular weight is 330 g/mol. The Morgan fingerprint density at radius 1 is 1.22 bits per heavy atom. The number of ketones is 1. The van der Waals surface area contributed by atoms with Crippen LogP contribution in [0.3, 0.4) is 0 Å². The van der Waals surface area contributed by atoms with Gasteiger partial charge in [0.05, 0.1) is 5.60 Å². The number of benzene rings is 1. The van der Waals surface area contributed by atoms with Crippen molar-refractivity contribution in [3.05, 3.63) is 35.4 Å². The lowest BCUT2D eigenvalue weighted by atomic mass is 9.56. The Kier molecular flexibility index (Phi) is 4.45. The van der Waals surface area contributed by atoms with Crippen LogP contribution < -0.4 is 0 Å². The van der Waals surface area contributed by atoms with Crippen LogP contribution in [-0.4, -0.2) is 22.7 Å². The lowest BCUT2D eigenvalue weighted by molar-refractivity contribution is -0.137. The second-order valence-corrected chi connectivity index (χ2v) is 8.51. The van der Waals surface area contributed by atoms with Crippen LogP contribution in [0.5, 0.6) is 0 Å². The first kappa shape index (κ1) is 16.8. The molecule has 2 nitrogen and oxygen atoms in total. The van der Waals surface area contributed by atoms with Crippen LogP contribution in [0.1, 0.15) is 51.5 Å². The summed E-state index contributed by atoms with van der Waals surface area (Å²) in [5.74, 6) is 0.618. The fourth-order valence-electron chi connectivity index (χ4n) is 4.16. The molecular weight excluding hydrogens is 304 g/mol. The Labute approximate surface area is 143 Å². The highest BCUT2D eigenvalue weighted by Gasteiger charge is 2.50. The Morgan fingerprint density at radius 2 is 1.91 bits per heavy atom. The van der Waals surface area contributed by atoms with Gasteiger partial charge in [-0.3, -0.25) is 4.79 Å². The van der Waals surface area contributed by atoms with Gasteiger partial charge in [-0.2, -0.15) is 0 Å². The Morgan fingerprint density at radius 3 is 2.57 bits per heavy atom. The number of fused-ring (bicyclic) bond motifs is 1. The van der Waals surface area contributed by atoms with Gasteiger partial charge in [0.15, 0.2) is 5.78 Å². The Bertz CT molecular complexity index is 630. The minimum absolute atomic E-state index is 0.286. The highest BCUT2D eigenvalue weighted by molar-refractivity contribution is 7.98. The van der Waals surface area contributed by atoms with E-state index in [0.29, 0.717) is 11.7 Å². The summed E-state index contributed by atoms with van der Waals surface area (Å²) in [7, 11) is 0. The van der Waals surface area contributed by atoms with Crippen molar-refractivity contribution in [2.45, 2.75) is 56.4 Å². The smallest absolute Gasteiger partial charge is 0.165 e. The number of hydrogen-bond acceptors (Lipinski definition) is 3. The van der Waals surface area contributed by atoms with Gasteiger partial charge in [0, 0.05) is 10.3 Å². The van der Waals surface area contributed by atoms with Gasteiger partial charge in [-0.15, -0.1) is 11.8 Å². The van der Waals surface area contributed by atoms with Crippen LogP contribution in [0.25, 0.3) is 6.08 Å². The number of rotatable bonds is 2. The fraction of sp³-hybridized carbons (Fsp3) is 0.550. The number of thioether (sulfide) groups is 1. The number of carbonyl (C=O) groups is 1. The molecule has 3 heteroatoms. The van der Waals surface area contributed by atoms with E-state index < -0.39 is 5.60 Å². The van der Waals surface area contributed by atoms with Crippen molar-refractivity contribution in [1.29, 1.82) is 0 Å². The maximum atomic E-state index is 13.1. The lowest BCUT2D eigenvalue weighted by Gasteiger charge is -2.49. The molecule has 1 unspecified atom stereocenters. The topological polar surface area (TPSA) is 37.3 Å². The molecule has 0 spiro atoms. The number of carbonyl (C=O) groups excluding carboxylic acids is 1. The van der Waals surface area contributed by atoms with Gasteiger partial charge >= 0.3 is 0 Å². The number of Topliss-reactive ketones (excluding diaryl/α,β-unsaturated/α-hetero) is 1. The van der Waals surface area contributed by atoms with Crippen LogP contribution in [0.4, 0.5) is 0 Å². The van der Waals surface area contributed by atoms with Crippen LogP contribution in [-0.2, 0) is 4.79 Å². The molecule has 3 atom stereocenters. The van der Waals surface area contributed by atoms with Gasteiger partial charge in [-0.1, -0.05) is 19.1 Å². The molecule has 3 rings (SSSR count). The molecule has 1 aromatic rings. The summed E-state index contributed by atoms with van der Waals surface area (Å²) in [4.78, 5) is 14.3. The van der Waals surface area contributed by atoms with Crippen molar-refractivity contribution in [3.63, 3.8) is 0 Å². The number of allylic oxidation sites excluding steroid dienone is 1. The highest BCUT2D eigenvalue weighted by atomic mass is 32.2. The molecular formula is C20H26O2S. The van der Waals surface area contributed by atoms with Crippen molar-refractivity contribution in [2.75, 3.05) is 6.26 Å². The maximum absolute atomic E-state index is 13.1. The molecule has 2 fully saturated rings. The van der Waals surface area contributed by atoms with Crippen molar-refractivity contribution < 1.29 is 9.90 Å². The quantitative estimate of drug-likeness (QED) is 0.630. The summed E-state index contributed by atoms with van der Waals surface area (Å²) in [5.41, 5.74) is 1.18. The van der Waals surface area contributed by atoms with E-state index in [9.17, 15) is 9.90 Å². The number of hydrogen-bond donors (Lipinski definition) is 1. The Hall–Kier alpha value is -1.06. The molecule has 2 aliphatic rings. The van der Waals surface area contributed by atoms with Crippen LogP contribution >= 0.6 is 11.8 Å². The third-order valence-corrected chi connectivity index (χ3v) is 6.54. The summed E-state index contributed by atoms with van der Waals surface area (Å²) in [5, 5.41) is 10.3. The molecule has 0 amide bonds. The molecule has 0 bridgehead atoms. The maximum Gasteiger partial charge on any atom is 0.165 e. The zero-order valence-corrected chi connectivity index (χ0v) is 15.1. The van der Waals surface area contributed by atoms with Crippen molar-refractivity contribution in [2.24, 2.45) is 11.3 Å². The van der Waals surface area contributed by atoms with Gasteiger partial charge in [-0.05, 0) is 80.5 Å². The number of aliphatic hydroxyl groups is 1. The summed E-state index contributed by atoms with van der Waals surface area (Å²) in [6, 6.07) is 8.39. The highest BCUT2D eigenvalue weighted by Crippen LogP contribution is 2.52. The van der Waals surface area contributed by atoms with Crippen molar-refractivity contribution in [3.8, 4) is 0 Å². The van der Waals surface area contributed by atoms with E-state index in [1.165, 1.54) is 4.90 Å². The minimum Gasteiger partial charge on any atom is -0.390 e. The Balaban J connectivity index is 1.83. The van der Waals surface area contributed by atoms with Gasteiger partial charge in [-0.25, -0.2) is 0 Å². The van der Waals surface area contributed by atoms with Gasteiger partial charge in [0.25, 0.3) is 0 Å². The lowest BCUT2D eigenvalue weighted by Crippen LogP contribution is -2.49. The van der Waals surface area contributed by atoms with E-state index in [4.69, 9.17) is 0 Å². The van der Waals surface area contributed by atoms with Crippen LogP contribution in [0.2, 0.25) is 0 Å². The van der Waals surface area contributed by atoms with Gasteiger partial charge < -0.3 is 5.11 Å². The van der Waals surface area contributed by atoms with Crippen molar-refractivity contribution >= 4 is 23.6 Å². The second kappa shape index (κ2) is 6.10. The molecule has 0 aliphatic heterocycles. The second-order valence-electron chi connectivity index (χ2n) is 7.63. The molecule has 2 aliphatic carbocycles. The average Bonchev–Trinajstić information content (AvgIpc) is 2.53. The zero-order chi connectivity index (χ0) is 16.7. The minimum atomic E-state index is -0.598. The van der Waals surface area contributed by atoms with Crippen molar-refractivity contribution in [1.82, 2.24) is 0 Å². The fourth-order valence-corrected chi connectivity index (χ4v) is 4.57. The first-order chi connectivity index (χ1) is 10.8. The summed E-state index contributed by atoms with van der Waals surface area (Å²) < 4.78 is 0. The third kappa shape index (κ3) is 3.27. The molecule has 1 aromatic carbocycles. The molecule has 23 heavy (non-hydrogen) atoms. The molecule has 2 saturated carbocycles. The first-order valence-corrected chi connectivity index (χ1v) is 9.68. The van der Waals surface area contributed by atoms with E-state index in [-0.39, 0.29) is 5.41 Å². The third-order valence-electron chi connectivity index (χ3n) is 5.80. The van der Waals surface area contributed by atoms with Gasteiger partial charge in [0.1, 0.15) is 0 Å². The van der Waals surface area contributed by atoms with Gasteiger partial charge in [0.2, 0.25) is 0 Å². The summed E-state index contributed by atoms with van der Waals surface area (Å²) >= 11 is 1.73. The zero-order valence-electron chi connectivity index (χ0n) is 14.3. The molecule has 0 heterocycles. The van der Waals surface area contributed by atoms with Crippen LogP contribution in [0.15, 0.2) is 34.7 Å². The molecule has 124 valence electrons. The molecule has 0 saturated heterocycles. The van der Waals surface area contributed by atoms with E-state index in [2.05, 4.69) is 43.5 Å². The molecule has 0 aromatic heterocycles. The van der Waals surface area contributed by atoms with E-state index in [0.717, 1.165) is 43.2 Å². The molecule has 1 N–H and O–H groups in total. The largest absolute Gasteiger partial charge is 0.390 e. The SMILES string of the molecule is CSc1ccc(/C=C2\CCC3C[C@@](C)(O)CC[C@]3(C)C2=O)cc1. The predicted molar refractivity (Wildman–Crippen MR) is 96.5 cm³/mol. The van der Waals surface area contributed by atoms with E-state index in [1.54, 1.807) is 11.8 Å². The molecule has 0 radical (unpaired) electrons. The predicted octanol–water partition coefficient (Wildman–Crippen LogP) is 4.71. The van der Waals surface area contributed by atoms with E-state index >= 15 is 0 Å². The standard InChI is InChI=1S/C20H26O2S/c1-19(22)10-11-20(2)16(13-19)7-6-15(18(20)21)12-14-4-8-17(23-3)9-5-14/h4-5,8-9,12,16,22H,6-7,10-11,13H2,1-3H3/b15-12+/t16?,19-,20-/m0/s1. The summed E-state index contributed by atoms with van der Waals surface area (Å²) in [6.07, 6.45) is 8.25. The van der Waals surface area contributed by atoms with E-state index in [1.807, 2.05) is 6.92 Å². The first-order valence-electron chi connectivity index (χ1n) is 8.46. The normalized spacial score (nSPS) is 36.1.